The van der Waals surface area contributed by atoms with Gasteiger partial charge in [0, 0.05) is 9.90 Å². The number of esters is 1. The van der Waals surface area contributed by atoms with E-state index in [1.807, 2.05) is 17.5 Å². The fourth-order valence-electron chi connectivity index (χ4n) is 1.87. The Morgan fingerprint density at radius 2 is 1.92 bits per heavy atom. The maximum Gasteiger partial charge on any atom is 0.324 e. The first-order valence-corrected chi connectivity index (χ1v) is 10.3. The lowest BCUT2D eigenvalue weighted by molar-refractivity contribution is -0.149. The Hall–Kier alpha value is -1.94. The lowest BCUT2D eigenvalue weighted by Gasteiger charge is -2.13. The van der Waals surface area contributed by atoms with E-state index in [1.165, 1.54) is 42.5 Å². The third-order valence-electron chi connectivity index (χ3n) is 3.19. The van der Waals surface area contributed by atoms with Crippen molar-refractivity contribution in [1.82, 2.24) is 10.0 Å². The van der Waals surface area contributed by atoms with Crippen LogP contribution >= 0.6 is 22.9 Å². The summed E-state index contributed by atoms with van der Waals surface area (Å²) < 4.78 is 31.4. The van der Waals surface area contributed by atoms with Crippen LogP contribution < -0.4 is 10.0 Å². The molecule has 1 atom stereocenters. The van der Waals surface area contributed by atoms with Crippen LogP contribution in [0.4, 0.5) is 0 Å². The molecule has 0 aliphatic rings. The number of thiophene rings is 1. The Labute approximate surface area is 160 Å². The molecule has 1 aromatic heterocycles. The number of rotatable bonds is 8. The highest BCUT2D eigenvalue weighted by molar-refractivity contribution is 7.89. The van der Waals surface area contributed by atoms with Crippen LogP contribution in [0.25, 0.3) is 0 Å². The van der Waals surface area contributed by atoms with Crippen molar-refractivity contribution in [3.63, 3.8) is 0 Å². The summed E-state index contributed by atoms with van der Waals surface area (Å²) in [5.41, 5.74) is 0. The van der Waals surface area contributed by atoms with Gasteiger partial charge >= 0.3 is 5.97 Å². The van der Waals surface area contributed by atoms with E-state index in [-0.39, 0.29) is 4.90 Å². The van der Waals surface area contributed by atoms with Gasteiger partial charge in [0.15, 0.2) is 6.61 Å². The largest absolute Gasteiger partial charge is 0.454 e. The van der Waals surface area contributed by atoms with Crippen molar-refractivity contribution in [3.8, 4) is 0 Å². The minimum Gasteiger partial charge on any atom is -0.454 e. The molecule has 7 nitrogen and oxygen atoms in total. The minimum absolute atomic E-state index is 0.0322. The van der Waals surface area contributed by atoms with Gasteiger partial charge in [0.2, 0.25) is 10.0 Å². The molecule has 0 aliphatic heterocycles. The molecule has 0 aliphatic carbocycles. The second-order valence-corrected chi connectivity index (χ2v) is 8.44. The smallest absolute Gasteiger partial charge is 0.324 e. The quantitative estimate of drug-likeness (QED) is 0.640. The SMILES string of the molecule is CC(NS(=O)(=O)c1ccc(Cl)cc1)C(=O)OCC(=O)NCc1cccs1. The third kappa shape index (κ3) is 6.10. The minimum atomic E-state index is -3.91. The van der Waals surface area contributed by atoms with Crippen LogP contribution in [0.3, 0.4) is 0 Å². The van der Waals surface area contributed by atoms with Gasteiger partial charge < -0.3 is 10.1 Å². The van der Waals surface area contributed by atoms with E-state index in [0.29, 0.717) is 11.6 Å². The summed E-state index contributed by atoms with van der Waals surface area (Å²) in [4.78, 5) is 24.5. The van der Waals surface area contributed by atoms with Crippen molar-refractivity contribution in [2.45, 2.75) is 24.4 Å². The zero-order valence-electron chi connectivity index (χ0n) is 13.8. The van der Waals surface area contributed by atoms with Crippen molar-refractivity contribution in [1.29, 1.82) is 0 Å². The summed E-state index contributed by atoms with van der Waals surface area (Å²) in [5, 5.41) is 4.88. The second kappa shape index (κ2) is 9.13. The number of carbonyl (C=O) groups is 2. The predicted octanol–water partition coefficient (Wildman–Crippen LogP) is 1.93. The number of hydrogen-bond donors (Lipinski definition) is 2. The molecule has 1 unspecified atom stereocenters. The normalized spacial score (nSPS) is 12.4. The molecule has 2 rings (SSSR count). The highest BCUT2D eigenvalue weighted by atomic mass is 35.5. The van der Waals surface area contributed by atoms with E-state index in [1.54, 1.807) is 0 Å². The number of hydrogen-bond acceptors (Lipinski definition) is 6. The first kappa shape index (κ1) is 20.4. The molecule has 140 valence electrons. The van der Waals surface area contributed by atoms with Crippen LogP contribution in [-0.4, -0.2) is 32.9 Å². The van der Waals surface area contributed by atoms with Crippen molar-refractivity contribution < 1.29 is 22.7 Å². The highest BCUT2D eigenvalue weighted by Gasteiger charge is 2.23. The Morgan fingerprint density at radius 1 is 1.23 bits per heavy atom. The molecule has 0 saturated heterocycles. The summed E-state index contributed by atoms with van der Waals surface area (Å²) in [7, 11) is -3.91. The van der Waals surface area contributed by atoms with Crippen LogP contribution in [0.15, 0.2) is 46.7 Å². The summed E-state index contributed by atoms with van der Waals surface area (Å²) in [6, 6.07) is 8.07. The Bertz CT molecular complexity index is 851. The average Bonchev–Trinajstić information content (AvgIpc) is 3.11. The van der Waals surface area contributed by atoms with Crippen LogP contribution in [0.1, 0.15) is 11.8 Å². The van der Waals surface area contributed by atoms with Crippen molar-refractivity contribution in [2.75, 3.05) is 6.61 Å². The summed E-state index contributed by atoms with van der Waals surface area (Å²) >= 11 is 7.21. The van der Waals surface area contributed by atoms with Gasteiger partial charge in [-0.3, -0.25) is 9.59 Å². The van der Waals surface area contributed by atoms with Gasteiger partial charge in [0.25, 0.3) is 5.91 Å². The molecule has 1 heterocycles. The van der Waals surface area contributed by atoms with Gasteiger partial charge in [-0.05, 0) is 42.6 Å². The molecule has 1 aromatic carbocycles. The fraction of sp³-hybridized carbons (Fsp3) is 0.250. The molecule has 0 fully saturated rings. The third-order valence-corrected chi connectivity index (χ3v) is 5.88. The molecule has 1 amide bonds. The number of amides is 1. The maximum absolute atomic E-state index is 12.2. The molecule has 10 heteroatoms. The Balaban J connectivity index is 1.81. The van der Waals surface area contributed by atoms with Gasteiger partial charge in [-0.1, -0.05) is 17.7 Å². The topological polar surface area (TPSA) is 102 Å². The predicted molar refractivity (Wildman–Crippen MR) is 98.4 cm³/mol. The standard InChI is InChI=1S/C16H17ClN2O5S2/c1-11(19-26(22,23)14-6-4-12(17)5-7-14)16(21)24-10-15(20)18-9-13-3-2-8-25-13/h2-8,11,19H,9-10H2,1H3,(H,18,20). The average molecular weight is 417 g/mol. The van der Waals surface area contributed by atoms with Gasteiger partial charge in [-0.25, -0.2) is 8.42 Å². The number of nitrogens with one attached hydrogen (secondary N) is 2. The van der Waals surface area contributed by atoms with Crippen LogP contribution in [0, 0.1) is 0 Å². The Morgan fingerprint density at radius 3 is 2.54 bits per heavy atom. The van der Waals surface area contributed by atoms with Crippen LogP contribution in [0.5, 0.6) is 0 Å². The molecule has 0 saturated carbocycles. The van der Waals surface area contributed by atoms with E-state index in [2.05, 4.69) is 10.0 Å². The Kier molecular flexibility index (Phi) is 7.15. The van der Waals surface area contributed by atoms with Gasteiger partial charge in [-0.2, -0.15) is 4.72 Å². The number of halogens is 1. The van der Waals surface area contributed by atoms with E-state index in [9.17, 15) is 18.0 Å². The van der Waals surface area contributed by atoms with Gasteiger partial charge in [0.1, 0.15) is 6.04 Å². The van der Waals surface area contributed by atoms with E-state index < -0.39 is 34.5 Å². The zero-order valence-corrected chi connectivity index (χ0v) is 16.2. The molecular weight excluding hydrogens is 400 g/mol. The molecule has 0 spiro atoms. The van der Waals surface area contributed by atoms with Crippen molar-refractivity contribution in [3.05, 3.63) is 51.7 Å². The molecule has 2 aromatic rings. The second-order valence-electron chi connectivity index (χ2n) is 5.26. The zero-order chi connectivity index (χ0) is 19.2. The van der Waals surface area contributed by atoms with Gasteiger partial charge in [0.05, 0.1) is 11.4 Å². The van der Waals surface area contributed by atoms with E-state index in [4.69, 9.17) is 16.3 Å². The highest BCUT2D eigenvalue weighted by Crippen LogP contribution is 2.14. The van der Waals surface area contributed by atoms with E-state index >= 15 is 0 Å². The number of ether oxygens (including phenoxy) is 1. The fourth-order valence-corrected chi connectivity index (χ4v) is 3.84. The van der Waals surface area contributed by atoms with E-state index in [0.717, 1.165) is 4.88 Å². The summed E-state index contributed by atoms with van der Waals surface area (Å²) in [5.74, 6) is -1.33. The lowest BCUT2D eigenvalue weighted by Crippen LogP contribution is -2.40. The monoisotopic (exact) mass is 416 g/mol. The number of carbonyl (C=O) groups excluding carboxylic acids is 2. The van der Waals surface area contributed by atoms with Crippen molar-refractivity contribution >= 4 is 44.8 Å². The molecule has 0 bridgehead atoms. The number of sulfonamides is 1. The first-order chi connectivity index (χ1) is 12.3. The van der Waals surface area contributed by atoms with Crippen LogP contribution in [-0.2, 0) is 30.9 Å². The lowest BCUT2D eigenvalue weighted by atomic mass is 10.4. The van der Waals surface area contributed by atoms with Crippen LogP contribution in [0.2, 0.25) is 5.02 Å². The molecule has 0 radical (unpaired) electrons. The first-order valence-electron chi connectivity index (χ1n) is 7.51. The maximum atomic E-state index is 12.2. The molecule has 26 heavy (non-hydrogen) atoms. The van der Waals surface area contributed by atoms with Gasteiger partial charge in [-0.15, -0.1) is 11.3 Å². The molecular formula is C16H17ClN2O5S2. The summed E-state index contributed by atoms with van der Waals surface area (Å²) in [6.07, 6.45) is 0. The summed E-state index contributed by atoms with van der Waals surface area (Å²) in [6.45, 7) is 1.18. The molecule has 2 N–H and O–H groups in total. The number of benzene rings is 1. The van der Waals surface area contributed by atoms with Crippen molar-refractivity contribution in [2.24, 2.45) is 0 Å².